The number of nitrogens with zero attached hydrogens (tertiary/aromatic N) is 2. The summed E-state index contributed by atoms with van der Waals surface area (Å²) < 4.78 is 4.99. The fourth-order valence-corrected chi connectivity index (χ4v) is 3.80. The van der Waals surface area contributed by atoms with Gasteiger partial charge in [0, 0.05) is 30.7 Å². The smallest absolute Gasteiger partial charge is 0.338 e. The van der Waals surface area contributed by atoms with E-state index in [1.807, 2.05) is 29.3 Å². The molecule has 2 N–H and O–H groups in total. The molecule has 0 spiro atoms. The topological polar surface area (TPSA) is 83.6 Å². The number of hydrogen-bond acceptors (Lipinski definition) is 6. The first-order valence-electron chi connectivity index (χ1n) is 9.54. The van der Waals surface area contributed by atoms with E-state index in [0.29, 0.717) is 23.2 Å². The second-order valence-corrected chi connectivity index (χ2v) is 7.69. The van der Waals surface area contributed by atoms with Crippen molar-refractivity contribution in [1.29, 1.82) is 0 Å². The fourth-order valence-electron chi connectivity index (χ4n) is 3.12. The number of amides is 2. The summed E-state index contributed by atoms with van der Waals surface area (Å²) in [6, 6.07) is 7.26. The van der Waals surface area contributed by atoms with Gasteiger partial charge in [-0.05, 0) is 56.9 Å². The van der Waals surface area contributed by atoms with E-state index in [4.69, 9.17) is 4.74 Å². The number of carbonyl (C=O) groups excluding carboxylic acids is 2. The Kier molecular flexibility index (Phi) is 6.86. The lowest BCUT2D eigenvalue weighted by atomic mass is 9.97. The van der Waals surface area contributed by atoms with Crippen molar-refractivity contribution in [2.45, 2.75) is 26.7 Å². The van der Waals surface area contributed by atoms with Crippen molar-refractivity contribution in [2.24, 2.45) is 5.92 Å². The second kappa shape index (κ2) is 9.54. The number of aromatic nitrogens is 1. The molecule has 0 bridgehead atoms. The maximum Gasteiger partial charge on any atom is 0.338 e. The van der Waals surface area contributed by atoms with Gasteiger partial charge in [0.1, 0.15) is 0 Å². The highest BCUT2D eigenvalue weighted by molar-refractivity contribution is 7.13. The Morgan fingerprint density at radius 2 is 1.96 bits per heavy atom. The molecule has 2 heterocycles. The summed E-state index contributed by atoms with van der Waals surface area (Å²) in [5.74, 6) is 0.212. The first-order chi connectivity index (χ1) is 13.5. The summed E-state index contributed by atoms with van der Waals surface area (Å²) in [6.45, 7) is 6.41. The number of nitrogens with one attached hydrogen (secondary N) is 2. The van der Waals surface area contributed by atoms with E-state index in [1.54, 1.807) is 19.1 Å². The Hall–Kier alpha value is -2.61. The average Bonchev–Trinajstić information content (AvgIpc) is 3.12. The number of likely N-dealkylation sites (tertiary alicyclic amines) is 1. The molecule has 2 amide bonds. The number of carbonyl (C=O) groups is 2. The number of hydrogen-bond donors (Lipinski definition) is 2. The molecule has 0 radical (unpaired) electrons. The highest BCUT2D eigenvalue weighted by Crippen LogP contribution is 2.21. The average molecular weight is 403 g/mol. The molecule has 1 aliphatic heterocycles. The summed E-state index contributed by atoms with van der Waals surface area (Å²) in [5, 5.41) is 8.86. The van der Waals surface area contributed by atoms with Gasteiger partial charge in [-0.1, -0.05) is 0 Å². The van der Waals surface area contributed by atoms with Crippen LogP contribution in [0, 0.1) is 12.8 Å². The van der Waals surface area contributed by atoms with Gasteiger partial charge in [0.15, 0.2) is 5.13 Å². The minimum Gasteiger partial charge on any atom is -0.462 e. The predicted octanol–water partition coefficient (Wildman–Crippen LogP) is 3.98. The van der Waals surface area contributed by atoms with Crippen LogP contribution < -0.4 is 10.6 Å². The maximum absolute atomic E-state index is 12.3. The van der Waals surface area contributed by atoms with Crippen LogP contribution in [0.3, 0.4) is 0 Å². The van der Waals surface area contributed by atoms with Crippen molar-refractivity contribution < 1.29 is 14.3 Å². The molecule has 28 heavy (non-hydrogen) atoms. The van der Waals surface area contributed by atoms with E-state index in [0.717, 1.165) is 43.9 Å². The van der Waals surface area contributed by atoms with Gasteiger partial charge >= 0.3 is 12.0 Å². The van der Waals surface area contributed by atoms with Gasteiger partial charge in [0.05, 0.1) is 17.9 Å². The third-order valence-corrected chi connectivity index (χ3v) is 5.60. The first kappa shape index (κ1) is 20.1. The van der Waals surface area contributed by atoms with Gasteiger partial charge in [-0.15, -0.1) is 11.3 Å². The Labute approximate surface area is 169 Å². The van der Waals surface area contributed by atoms with Gasteiger partial charge in [-0.3, -0.25) is 5.32 Å². The van der Waals surface area contributed by atoms with E-state index in [9.17, 15) is 9.59 Å². The Bertz CT molecular complexity index is 798. The third-order valence-electron chi connectivity index (χ3n) is 4.73. The van der Waals surface area contributed by atoms with E-state index >= 15 is 0 Å². The largest absolute Gasteiger partial charge is 0.462 e. The lowest BCUT2D eigenvalue weighted by Gasteiger charge is -2.32. The van der Waals surface area contributed by atoms with Crippen molar-refractivity contribution in [3.05, 3.63) is 40.9 Å². The lowest BCUT2D eigenvalue weighted by Crippen LogP contribution is -2.42. The molecule has 1 fully saturated rings. The number of anilines is 2. The van der Waals surface area contributed by atoms with E-state index in [2.05, 4.69) is 15.6 Å². The molecular weight excluding hydrogens is 376 g/mol. The second-order valence-electron chi connectivity index (χ2n) is 6.83. The third kappa shape index (κ3) is 5.45. The molecular formula is C20H26N4O3S. The van der Waals surface area contributed by atoms with Crippen molar-refractivity contribution in [3.63, 3.8) is 0 Å². The Morgan fingerprint density at radius 3 is 2.57 bits per heavy atom. The van der Waals surface area contributed by atoms with Gasteiger partial charge in [0.25, 0.3) is 0 Å². The number of urea groups is 1. The summed E-state index contributed by atoms with van der Waals surface area (Å²) in [6.07, 6.45) is 1.91. The Balaban J connectivity index is 1.40. The number of piperidine rings is 1. The number of thiazole rings is 1. The Morgan fingerprint density at radius 1 is 1.25 bits per heavy atom. The van der Waals surface area contributed by atoms with Crippen LogP contribution in [-0.4, -0.2) is 48.1 Å². The number of rotatable bonds is 6. The van der Waals surface area contributed by atoms with Crippen molar-refractivity contribution in [3.8, 4) is 0 Å². The normalized spacial score (nSPS) is 14.6. The van der Waals surface area contributed by atoms with Crippen molar-refractivity contribution >= 4 is 34.2 Å². The zero-order valence-electron chi connectivity index (χ0n) is 16.2. The summed E-state index contributed by atoms with van der Waals surface area (Å²) in [4.78, 5) is 30.1. The van der Waals surface area contributed by atoms with Gasteiger partial charge < -0.3 is 15.0 Å². The van der Waals surface area contributed by atoms with E-state index < -0.39 is 0 Å². The molecule has 3 rings (SSSR count). The minimum absolute atomic E-state index is 0.0738. The standard InChI is InChI=1S/C20H26N4O3S/c1-3-27-18(25)16-4-6-17(7-5-16)21-12-15-8-10-24(11-9-15)20(26)23-19-22-14(2)13-28-19/h4-7,13,15,21H,3,8-12H2,1-2H3,(H,22,23,26). The first-order valence-corrected chi connectivity index (χ1v) is 10.4. The van der Waals surface area contributed by atoms with Crippen molar-refractivity contribution in [2.75, 3.05) is 36.9 Å². The highest BCUT2D eigenvalue weighted by atomic mass is 32.1. The number of esters is 1. The molecule has 0 unspecified atom stereocenters. The molecule has 150 valence electrons. The molecule has 2 aromatic rings. The van der Waals surface area contributed by atoms with Gasteiger partial charge in [0.2, 0.25) is 0 Å². The number of ether oxygens (including phenoxy) is 1. The van der Waals surface area contributed by atoms with Crippen LogP contribution in [-0.2, 0) is 4.74 Å². The maximum atomic E-state index is 12.3. The van der Waals surface area contributed by atoms with Gasteiger partial charge in [-0.2, -0.15) is 0 Å². The molecule has 8 heteroatoms. The molecule has 0 saturated carbocycles. The number of aryl methyl sites for hydroxylation is 1. The quantitative estimate of drug-likeness (QED) is 0.714. The molecule has 0 atom stereocenters. The van der Waals surface area contributed by atoms with Gasteiger partial charge in [-0.25, -0.2) is 14.6 Å². The monoisotopic (exact) mass is 402 g/mol. The predicted molar refractivity (Wildman–Crippen MR) is 111 cm³/mol. The summed E-state index contributed by atoms with van der Waals surface area (Å²) >= 11 is 1.44. The molecule has 1 aliphatic rings. The fraction of sp³-hybridized carbons (Fsp3) is 0.450. The van der Waals surface area contributed by atoms with Crippen LogP contribution in [0.1, 0.15) is 35.8 Å². The highest BCUT2D eigenvalue weighted by Gasteiger charge is 2.23. The zero-order valence-corrected chi connectivity index (χ0v) is 17.1. The van der Waals surface area contributed by atoms with E-state index in [1.165, 1.54) is 11.3 Å². The van der Waals surface area contributed by atoms with Crippen LogP contribution in [0.25, 0.3) is 0 Å². The van der Waals surface area contributed by atoms with E-state index in [-0.39, 0.29) is 12.0 Å². The molecule has 1 aromatic heterocycles. The zero-order chi connectivity index (χ0) is 19.9. The van der Waals surface area contributed by atoms with Crippen LogP contribution in [0.2, 0.25) is 0 Å². The lowest BCUT2D eigenvalue weighted by molar-refractivity contribution is 0.0526. The van der Waals surface area contributed by atoms with Crippen molar-refractivity contribution in [1.82, 2.24) is 9.88 Å². The molecule has 0 aliphatic carbocycles. The van der Waals surface area contributed by atoms with Crippen LogP contribution in [0.4, 0.5) is 15.6 Å². The number of benzene rings is 1. The minimum atomic E-state index is -0.299. The molecule has 7 nitrogen and oxygen atoms in total. The van der Waals surface area contributed by atoms with Crippen LogP contribution in [0.15, 0.2) is 29.6 Å². The van der Waals surface area contributed by atoms with Crippen LogP contribution in [0.5, 0.6) is 0 Å². The summed E-state index contributed by atoms with van der Waals surface area (Å²) in [7, 11) is 0. The summed E-state index contributed by atoms with van der Waals surface area (Å²) in [5.41, 5.74) is 2.45. The molecule has 1 saturated heterocycles. The molecule has 1 aromatic carbocycles. The van der Waals surface area contributed by atoms with Crippen LogP contribution >= 0.6 is 11.3 Å². The SMILES string of the molecule is CCOC(=O)c1ccc(NCC2CCN(C(=O)Nc3nc(C)cs3)CC2)cc1.